The van der Waals surface area contributed by atoms with Gasteiger partial charge in [0.2, 0.25) is 5.91 Å². The molecule has 0 aromatic carbocycles. The second-order valence-corrected chi connectivity index (χ2v) is 21.5. The summed E-state index contributed by atoms with van der Waals surface area (Å²) >= 11 is 0. The number of hydrogen-bond donors (Lipinski definition) is 3. The number of rotatable bonds is 58. The summed E-state index contributed by atoms with van der Waals surface area (Å²) in [5.74, 6) is -0.0568. The van der Waals surface area contributed by atoms with E-state index < -0.39 is 12.1 Å². The maximum absolute atomic E-state index is 12.5. The molecule has 0 rings (SSSR count). The second-order valence-electron chi connectivity index (χ2n) is 21.5. The van der Waals surface area contributed by atoms with Gasteiger partial charge in [0.05, 0.1) is 18.8 Å². The number of hydrogen-bond acceptors (Lipinski definition) is 3. The van der Waals surface area contributed by atoms with Crippen LogP contribution in [-0.4, -0.2) is 34.9 Å². The quantitative estimate of drug-likeness (QED) is 0.0420. The normalized spacial score (nSPS) is 12.8. The zero-order valence-corrected chi connectivity index (χ0v) is 46.0. The zero-order chi connectivity index (χ0) is 48.5. The van der Waals surface area contributed by atoms with E-state index in [0.717, 1.165) is 25.7 Å². The fourth-order valence-electron chi connectivity index (χ4n) is 9.94. The number of amides is 1. The largest absolute Gasteiger partial charge is 0.394 e. The van der Waals surface area contributed by atoms with Gasteiger partial charge >= 0.3 is 0 Å². The van der Waals surface area contributed by atoms with Crippen LogP contribution in [0.5, 0.6) is 0 Å². The van der Waals surface area contributed by atoms with Crippen LogP contribution in [0.4, 0.5) is 0 Å². The molecule has 4 nitrogen and oxygen atoms in total. The van der Waals surface area contributed by atoms with E-state index in [-0.39, 0.29) is 12.5 Å². The molecule has 398 valence electrons. The van der Waals surface area contributed by atoms with Gasteiger partial charge < -0.3 is 15.5 Å². The zero-order valence-electron chi connectivity index (χ0n) is 46.0. The van der Waals surface area contributed by atoms with Crippen molar-refractivity contribution in [2.75, 3.05) is 6.61 Å². The first kappa shape index (κ1) is 65.9. The first-order valence-corrected chi connectivity index (χ1v) is 31.1. The minimum atomic E-state index is -0.837. The molecule has 2 atom stereocenters. The van der Waals surface area contributed by atoms with Gasteiger partial charge in [0.25, 0.3) is 0 Å². The Bertz CT molecular complexity index is 978. The van der Waals surface area contributed by atoms with Gasteiger partial charge in [-0.05, 0) is 44.9 Å². The molecule has 2 unspecified atom stereocenters. The van der Waals surface area contributed by atoms with Gasteiger partial charge in [-0.25, -0.2) is 0 Å². The molecule has 0 aromatic heterocycles. The Labute approximate surface area is 421 Å². The van der Waals surface area contributed by atoms with Crippen molar-refractivity contribution in [2.45, 2.75) is 366 Å². The highest BCUT2D eigenvalue weighted by molar-refractivity contribution is 5.76. The molecule has 1 amide bonds. The third kappa shape index (κ3) is 55.7. The fraction of sp³-hybridized carbons (Fsp3) is 0.921. The highest BCUT2D eigenvalue weighted by Crippen LogP contribution is 2.18. The Morgan fingerprint density at radius 1 is 0.343 bits per heavy atom. The van der Waals surface area contributed by atoms with E-state index in [0.29, 0.717) is 6.42 Å². The van der Waals surface area contributed by atoms with Crippen molar-refractivity contribution in [1.82, 2.24) is 5.32 Å². The minimum Gasteiger partial charge on any atom is -0.394 e. The van der Waals surface area contributed by atoms with Crippen LogP contribution in [0.2, 0.25) is 0 Å². The summed E-state index contributed by atoms with van der Waals surface area (Å²) < 4.78 is 0. The predicted octanol–water partition coefficient (Wildman–Crippen LogP) is 20.7. The number of aliphatic hydroxyl groups excluding tert-OH is 2. The molecule has 0 heterocycles. The van der Waals surface area contributed by atoms with Crippen LogP contribution in [-0.2, 0) is 4.79 Å². The van der Waals surface area contributed by atoms with Gasteiger partial charge in [-0.1, -0.05) is 327 Å². The lowest BCUT2D eigenvalue weighted by atomic mass is 10.0. The maximum Gasteiger partial charge on any atom is 0.220 e. The van der Waals surface area contributed by atoms with Crippen molar-refractivity contribution >= 4 is 5.91 Å². The molecule has 0 fully saturated rings. The van der Waals surface area contributed by atoms with Crippen molar-refractivity contribution in [3.05, 3.63) is 24.3 Å². The maximum atomic E-state index is 12.5. The lowest BCUT2D eigenvalue weighted by molar-refractivity contribution is -0.123. The van der Waals surface area contributed by atoms with Crippen molar-refractivity contribution < 1.29 is 15.0 Å². The van der Waals surface area contributed by atoms with E-state index in [1.165, 1.54) is 308 Å². The molecular formula is C63H123NO3. The Kier molecular flexibility index (Phi) is 58.2. The van der Waals surface area contributed by atoms with Gasteiger partial charge in [0.1, 0.15) is 0 Å². The molecule has 0 spiro atoms. The average molecular weight is 943 g/mol. The van der Waals surface area contributed by atoms with Gasteiger partial charge in [0, 0.05) is 6.42 Å². The highest BCUT2D eigenvalue weighted by atomic mass is 16.3. The number of allylic oxidation sites excluding steroid dienone is 3. The summed E-state index contributed by atoms with van der Waals surface area (Å²) in [6, 6.07) is -0.620. The average Bonchev–Trinajstić information content (AvgIpc) is 3.33. The third-order valence-corrected chi connectivity index (χ3v) is 14.7. The van der Waals surface area contributed by atoms with Gasteiger partial charge in [-0.3, -0.25) is 4.79 Å². The van der Waals surface area contributed by atoms with Gasteiger partial charge in [-0.15, -0.1) is 0 Å². The molecular weight excluding hydrogens is 819 g/mol. The van der Waals surface area contributed by atoms with E-state index >= 15 is 0 Å². The van der Waals surface area contributed by atoms with Crippen LogP contribution in [0.1, 0.15) is 354 Å². The Hall–Kier alpha value is -1.13. The fourth-order valence-corrected chi connectivity index (χ4v) is 9.94. The summed E-state index contributed by atoms with van der Waals surface area (Å²) in [6.45, 7) is 4.35. The van der Waals surface area contributed by atoms with Crippen LogP contribution >= 0.6 is 0 Å². The number of carbonyl (C=O) groups excluding carboxylic acids is 1. The summed E-state index contributed by atoms with van der Waals surface area (Å²) in [5.41, 5.74) is 0. The molecule has 0 saturated carbocycles. The molecule has 0 aliphatic carbocycles. The monoisotopic (exact) mass is 942 g/mol. The number of aliphatic hydroxyl groups is 2. The first-order chi connectivity index (χ1) is 33.2. The third-order valence-electron chi connectivity index (χ3n) is 14.7. The van der Waals surface area contributed by atoms with Crippen molar-refractivity contribution in [3.8, 4) is 0 Å². The van der Waals surface area contributed by atoms with E-state index in [2.05, 4.69) is 31.3 Å². The summed E-state index contributed by atoms with van der Waals surface area (Å²) in [7, 11) is 0. The second kappa shape index (κ2) is 59.2. The Balaban J connectivity index is 3.41. The standard InChI is InChI=1S/C63H123NO3/c1-3-5-7-9-11-13-15-17-19-21-23-25-26-27-28-29-30-31-32-33-34-35-36-37-38-39-41-43-45-47-49-51-53-55-57-59-63(67)64-61(60-65)62(66)58-56-54-52-50-48-46-44-42-40-24-22-20-18-16-14-12-10-8-6-4-2/h29-30,56,58,61-62,65-66H,3-28,31-55,57,59-60H2,1-2H3,(H,64,67)/b30-29-,58-56+. The molecule has 0 aromatic rings. The van der Waals surface area contributed by atoms with Crippen molar-refractivity contribution in [3.63, 3.8) is 0 Å². The molecule has 0 radical (unpaired) electrons. The van der Waals surface area contributed by atoms with Crippen molar-refractivity contribution in [1.29, 1.82) is 0 Å². The van der Waals surface area contributed by atoms with Crippen LogP contribution in [0.3, 0.4) is 0 Å². The molecule has 0 aliphatic heterocycles. The van der Waals surface area contributed by atoms with E-state index in [9.17, 15) is 15.0 Å². The number of carbonyl (C=O) groups is 1. The lowest BCUT2D eigenvalue weighted by Crippen LogP contribution is -2.45. The lowest BCUT2D eigenvalue weighted by Gasteiger charge is -2.20. The van der Waals surface area contributed by atoms with E-state index in [4.69, 9.17) is 0 Å². The van der Waals surface area contributed by atoms with E-state index in [1.54, 1.807) is 6.08 Å². The predicted molar refractivity (Wildman–Crippen MR) is 299 cm³/mol. The van der Waals surface area contributed by atoms with Crippen LogP contribution in [0.15, 0.2) is 24.3 Å². The number of unbranched alkanes of at least 4 members (excludes halogenated alkanes) is 49. The first-order valence-electron chi connectivity index (χ1n) is 31.1. The Morgan fingerprint density at radius 3 is 0.821 bits per heavy atom. The van der Waals surface area contributed by atoms with Crippen LogP contribution in [0, 0.1) is 0 Å². The van der Waals surface area contributed by atoms with Gasteiger partial charge in [-0.2, -0.15) is 0 Å². The smallest absolute Gasteiger partial charge is 0.220 e. The Morgan fingerprint density at radius 2 is 0.567 bits per heavy atom. The minimum absolute atomic E-state index is 0.0568. The van der Waals surface area contributed by atoms with E-state index in [1.807, 2.05) is 6.08 Å². The van der Waals surface area contributed by atoms with Gasteiger partial charge in [0.15, 0.2) is 0 Å². The molecule has 3 N–H and O–H groups in total. The highest BCUT2D eigenvalue weighted by Gasteiger charge is 2.18. The molecule has 67 heavy (non-hydrogen) atoms. The van der Waals surface area contributed by atoms with Crippen molar-refractivity contribution in [2.24, 2.45) is 0 Å². The summed E-state index contributed by atoms with van der Waals surface area (Å²) in [5, 5.41) is 23.2. The number of nitrogens with one attached hydrogen (secondary N) is 1. The van der Waals surface area contributed by atoms with Crippen LogP contribution in [0.25, 0.3) is 0 Å². The molecule has 4 heteroatoms. The summed E-state index contributed by atoms with van der Waals surface area (Å²) in [6.07, 6.45) is 79.5. The SMILES string of the molecule is CCCCCCCCCCCCCCCC/C=C\CCCCCCCCCCCCCCCCCCCC(=O)NC(CO)C(O)/C=C/CCCCCCCCCCCCCCCCCCCC. The molecule has 0 aliphatic rings. The molecule has 0 saturated heterocycles. The topological polar surface area (TPSA) is 69.6 Å². The summed E-state index contributed by atoms with van der Waals surface area (Å²) in [4.78, 5) is 12.5. The molecule has 0 bridgehead atoms. The van der Waals surface area contributed by atoms with Crippen LogP contribution < -0.4 is 5.32 Å².